The second kappa shape index (κ2) is 7.27. The minimum atomic E-state index is 0.254. The maximum absolute atomic E-state index is 10.0. The molecule has 18 heavy (non-hydrogen) atoms. The first-order valence-corrected chi connectivity index (χ1v) is 6.70. The lowest BCUT2D eigenvalue weighted by atomic mass is 9.98. The summed E-state index contributed by atoms with van der Waals surface area (Å²) in [6.07, 6.45) is 0. The van der Waals surface area contributed by atoms with Crippen LogP contribution in [0.15, 0.2) is 18.2 Å². The smallest absolute Gasteiger partial charge is 0.162 e. The van der Waals surface area contributed by atoms with Crippen LogP contribution in [0.3, 0.4) is 0 Å². The van der Waals surface area contributed by atoms with Gasteiger partial charge < -0.3 is 15.2 Å². The Balaban J connectivity index is 2.54. The van der Waals surface area contributed by atoms with Gasteiger partial charge in [0, 0.05) is 12.1 Å². The largest absolute Gasteiger partial charge is 0.504 e. The van der Waals surface area contributed by atoms with E-state index in [9.17, 15) is 5.11 Å². The van der Waals surface area contributed by atoms with Crippen molar-refractivity contribution in [1.82, 2.24) is 5.32 Å². The average Bonchev–Trinajstić information content (AvgIpc) is 2.33. The van der Waals surface area contributed by atoms with E-state index in [4.69, 9.17) is 4.74 Å². The normalized spacial score (nSPS) is 12.7. The van der Waals surface area contributed by atoms with Crippen LogP contribution in [0.1, 0.15) is 33.3 Å². The van der Waals surface area contributed by atoms with E-state index < -0.39 is 0 Å². The number of phenolic OH excluding ortho intramolecular Hbond substituents is 1. The van der Waals surface area contributed by atoms with E-state index in [0.717, 1.165) is 12.1 Å². The van der Waals surface area contributed by atoms with E-state index in [0.29, 0.717) is 30.7 Å². The summed E-state index contributed by atoms with van der Waals surface area (Å²) in [5.74, 6) is 2.11. The van der Waals surface area contributed by atoms with Crippen LogP contribution in [-0.4, -0.2) is 18.3 Å². The zero-order valence-corrected chi connectivity index (χ0v) is 11.9. The lowest BCUT2D eigenvalue weighted by Crippen LogP contribution is -2.23. The highest BCUT2D eigenvalue weighted by Crippen LogP contribution is 2.29. The van der Waals surface area contributed by atoms with Crippen LogP contribution >= 0.6 is 0 Å². The van der Waals surface area contributed by atoms with Gasteiger partial charge in [0.15, 0.2) is 11.5 Å². The Morgan fingerprint density at radius 2 is 2.00 bits per heavy atom. The molecule has 0 fully saturated rings. The van der Waals surface area contributed by atoms with Crippen molar-refractivity contribution in [2.75, 3.05) is 13.2 Å². The Labute approximate surface area is 110 Å². The minimum absolute atomic E-state index is 0.254. The third-order valence-electron chi connectivity index (χ3n) is 3.30. The van der Waals surface area contributed by atoms with Crippen LogP contribution < -0.4 is 10.1 Å². The first kappa shape index (κ1) is 14.8. The predicted molar refractivity (Wildman–Crippen MR) is 75.0 cm³/mol. The molecule has 0 heterocycles. The highest BCUT2D eigenvalue weighted by molar-refractivity contribution is 5.45. The van der Waals surface area contributed by atoms with Crippen molar-refractivity contribution in [2.45, 2.75) is 34.2 Å². The molecule has 0 saturated carbocycles. The zero-order valence-electron chi connectivity index (χ0n) is 11.9. The summed E-state index contributed by atoms with van der Waals surface area (Å²) in [5, 5.41) is 13.4. The summed E-state index contributed by atoms with van der Waals surface area (Å²) in [4.78, 5) is 0. The van der Waals surface area contributed by atoms with Gasteiger partial charge in [-0.1, -0.05) is 32.9 Å². The second-order valence-electron chi connectivity index (χ2n) is 5.05. The number of phenols is 1. The lowest BCUT2D eigenvalue weighted by Gasteiger charge is -2.17. The van der Waals surface area contributed by atoms with Gasteiger partial charge in [-0.25, -0.2) is 0 Å². The maximum Gasteiger partial charge on any atom is 0.162 e. The second-order valence-corrected chi connectivity index (χ2v) is 5.05. The molecule has 0 aromatic heterocycles. The Bertz CT molecular complexity index is 364. The van der Waals surface area contributed by atoms with Crippen molar-refractivity contribution in [2.24, 2.45) is 11.8 Å². The molecule has 2 N–H and O–H groups in total. The fourth-order valence-corrected chi connectivity index (χ4v) is 1.65. The van der Waals surface area contributed by atoms with Crippen molar-refractivity contribution in [1.29, 1.82) is 0 Å². The highest BCUT2D eigenvalue weighted by Gasteiger charge is 2.09. The van der Waals surface area contributed by atoms with E-state index in [-0.39, 0.29) is 5.75 Å². The molecule has 1 rings (SSSR count). The molecule has 0 radical (unpaired) electrons. The number of nitrogens with one attached hydrogen (secondary N) is 1. The number of hydrogen-bond donors (Lipinski definition) is 2. The molecule has 3 heteroatoms. The van der Waals surface area contributed by atoms with E-state index in [1.165, 1.54) is 0 Å². The van der Waals surface area contributed by atoms with E-state index in [1.54, 1.807) is 6.07 Å². The molecule has 0 aliphatic heterocycles. The van der Waals surface area contributed by atoms with Gasteiger partial charge in [0.2, 0.25) is 0 Å². The average molecular weight is 251 g/mol. The van der Waals surface area contributed by atoms with Gasteiger partial charge in [0.05, 0.1) is 6.61 Å². The molecule has 0 bridgehead atoms. The molecule has 0 aliphatic carbocycles. The molecule has 0 saturated heterocycles. The molecule has 1 unspecified atom stereocenters. The van der Waals surface area contributed by atoms with Gasteiger partial charge >= 0.3 is 0 Å². The standard InChI is InChI=1S/C15H25NO2/c1-5-18-14-8-6-7-13(15(14)17)10-16-9-12(4)11(2)3/h6-8,11-12,16-17H,5,9-10H2,1-4H3. The molecular formula is C15H25NO2. The molecule has 102 valence electrons. The van der Waals surface area contributed by atoms with Gasteiger partial charge in [-0.3, -0.25) is 0 Å². The van der Waals surface area contributed by atoms with Gasteiger partial charge in [-0.15, -0.1) is 0 Å². The number of para-hydroxylation sites is 1. The predicted octanol–water partition coefficient (Wildman–Crippen LogP) is 3.17. The number of aromatic hydroxyl groups is 1. The third-order valence-corrected chi connectivity index (χ3v) is 3.30. The van der Waals surface area contributed by atoms with Crippen molar-refractivity contribution in [3.8, 4) is 11.5 Å². The van der Waals surface area contributed by atoms with E-state index in [1.807, 2.05) is 19.1 Å². The SMILES string of the molecule is CCOc1cccc(CNCC(C)C(C)C)c1O. The first-order valence-electron chi connectivity index (χ1n) is 6.70. The van der Waals surface area contributed by atoms with Crippen LogP contribution in [0, 0.1) is 11.8 Å². The molecule has 0 aliphatic rings. The van der Waals surface area contributed by atoms with Gasteiger partial charge in [-0.05, 0) is 31.4 Å². The number of rotatable bonds is 7. The summed E-state index contributed by atoms with van der Waals surface area (Å²) in [6.45, 7) is 10.8. The van der Waals surface area contributed by atoms with Crippen LogP contribution in [0.2, 0.25) is 0 Å². The Hall–Kier alpha value is -1.22. The summed E-state index contributed by atoms with van der Waals surface area (Å²) < 4.78 is 5.37. The molecule has 3 nitrogen and oxygen atoms in total. The van der Waals surface area contributed by atoms with Gasteiger partial charge in [-0.2, -0.15) is 0 Å². The van der Waals surface area contributed by atoms with Crippen molar-refractivity contribution >= 4 is 0 Å². The third kappa shape index (κ3) is 4.22. The fraction of sp³-hybridized carbons (Fsp3) is 0.600. The first-order chi connectivity index (χ1) is 8.56. The summed E-state index contributed by atoms with van der Waals surface area (Å²) in [7, 11) is 0. The van der Waals surface area contributed by atoms with Crippen LogP contribution in [0.4, 0.5) is 0 Å². The zero-order chi connectivity index (χ0) is 13.5. The van der Waals surface area contributed by atoms with Gasteiger partial charge in [0.25, 0.3) is 0 Å². The van der Waals surface area contributed by atoms with E-state index >= 15 is 0 Å². The number of benzene rings is 1. The van der Waals surface area contributed by atoms with Crippen molar-refractivity contribution in [3.63, 3.8) is 0 Å². The molecule has 1 atom stereocenters. The van der Waals surface area contributed by atoms with Crippen LogP contribution in [-0.2, 0) is 6.54 Å². The maximum atomic E-state index is 10.0. The van der Waals surface area contributed by atoms with Crippen molar-refractivity contribution in [3.05, 3.63) is 23.8 Å². The summed E-state index contributed by atoms with van der Waals surface area (Å²) in [6, 6.07) is 5.62. The lowest BCUT2D eigenvalue weighted by molar-refractivity contribution is 0.316. The number of ether oxygens (including phenoxy) is 1. The minimum Gasteiger partial charge on any atom is -0.504 e. The Morgan fingerprint density at radius 3 is 2.61 bits per heavy atom. The van der Waals surface area contributed by atoms with Crippen LogP contribution in [0.5, 0.6) is 11.5 Å². The highest BCUT2D eigenvalue weighted by atomic mass is 16.5. The molecule has 0 amide bonds. The monoisotopic (exact) mass is 251 g/mol. The topological polar surface area (TPSA) is 41.5 Å². The molecule has 1 aromatic rings. The quantitative estimate of drug-likeness (QED) is 0.782. The summed E-state index contributed by atoms with van der Waals surface area (Å²) in [5.41, 5.74) is 0.886. The van der Waals surface area contributed by atoms with Crippen molar-refractivity contribution < 1.29 is 9.84 Å². The van der Waals surface area contributed by atoms with E-state index in [2.05, 4.69) is 26.1 Å². The Morgan fingerprint density at radius 1 is 1.28 bits per heavy atom. The molecule has 0 spiro atoms. The number of hydrogen-bond acceptors (Lipinski definition) is 3. The molecular weight excluding hydrogens is 226 g/mol. The van der Waals surface area contributed by atoms with Crippen LogP contribution in [0.25, 0.3) is 0 Å². The molecule has 1 aromatic carbocycles. The van der Waals surface area contributed by atoms with Gasteiger partial charge in [0.1, 0.15) is 0 Å². The fourth-order valence-electron chi connectivity index (χ4n) is 1.65. The summed E-state index contributed by atoms with van der Waals surface area (Å²) >= 11 is 0. The Kier molecular flexibility index (Phi) is 5.99.